The van der Waals surface area contributed by atoms with Crippen LogP contribution >= 0.6 is 0 Å². The smallest absolute Gasteiger partial charge is 0.519 e. The molecule has 0 spiro atoms. The molecule has 0 radical (unpaired) electrons. The molecule has 0 saturated heterocycles. The number of benzene rings is 3. The molecule has 5 aromatic rings. The Hall–Kier alpha value is -3.37. The maximum absolute atomic E-state index is 6.34. The largest absolute Gasteiger partial charge is 2.00 e. The van der Waals surface area contributed by atoms with Crippen LogP contribution in [-0.2, 0) is 40.8 Å². The number of aryl methyl sites for hydroxylation is 4. The minimum absolute atomic E-state index is 0. The molecule has 0 amide bonds. The summed E-state index contributed by atoms with van der Waals surface area (Å²) in [6.07, 6.45) is 3.07. The summed E-state index contributed by atoms with van der Waals surface area (Å²) in [5.41, 5.74) is 8.31. The fourth-order valence-corrected chi connectivity index (χ4v) is 5.15. The predicted octanol–water partition coefficient (Wildman–Crippen LogP) is 5.79. The number of nitrogens with zero attached hydrogens (tertiary/aromatic N) is 4. The van der Waals surface area contributed by atoms with Gasteiger partial charge in [0.1, 0.15) is 6.73 Å². The average Bonchev–Trinajstić information content (AvgIpc) is 3.39. The fraction of sp³-hybridized carbons (Fsp3) is 0.214. The van der Waals surface area contributed by atoms with Crippen LogP contribution in [0.25, 0.3) is 33.8 Å². The molecule has 4 heterocycles. The topological polar surface area (TPSA) is 54.1 Å². The van der Waals surface area contributed by atoms with Crippen molar-refractivity contribution in [2.45, 2.75) is 40.5 Å². The first-order valence-corrected chi connectivity index (χ1v) is 11.5. The molecule has 7 heteroatoms. The number of hydrogen-bond acceptors (Lipinski definition) is 4. The van der Waals surface area contributed by atoms with Gasteiger partial charge < -0.3 is 18.6 Å². The van der Waals surface area contributed by atoms with Gasteiger partial charge in [-0.25, -0.2) is 0 Å². The Bertz CT molecular complexity index is 1630. The van der Waals surface area contributed by atoms with Gasteiger partial charge in [-0.2, -0.15) is 0 Å². The quantitative estimate of drug-likeness (QED) is 0.229. The van der Waals surface area contributed by atoms with E-state index in [4.69, 9.17) is 19.4 Å². The summed E-state index contributed by atoms with van der Waals surface area (Å²) in [5.74, 6) is 3.88. The number of rotatable bonds is 2. The third-order valence-corrected chi connectivity index (χ3v) is 6.71. The van der Waals surface area contributed by atoms with Gasteiger partial charge in [-0.15, -0.1) is 16.7 Å². The molecule has 6 nitrogen and oxygen atoms in total. The summed E-state index contributed by atoms with van der Waals surface area (Å²) in [7, 11) is 0. The summed E-state index contributed by atoms with van der Waals surface area (Å²) >= 11 is 0. The van der Waals surface area contributed by atoms with E-state index in [1.807, 2.05) is 38.1 Å². The van der Waals surface area contributed by atoms with Crippen molar-refractivity contribution in [3.63, 3.8) is 0 Å². The van der Waals surface area contributed by atoms with Gasteiger partial charge in [-0.1, -0.05) is 61.4 Å². The number of ether oxygens (including phenoxy) is 2. The van der Waals surface area contributed by atoms with Crippen LogP contribution in [-0.4, -0.2) is 19.1 Å². The Kier molecular flexibility index (Phi) is 5.12. The molecule has 0 saturated carbocycles. The second kappa shape index (κ2) is 8.10. The van der Waals surface area contributed by atoms with Gasteiger partial charge in [0.05, 0.1) is 22.7 Å². The summed E-state index contributed by atoms with van der Waals surface area (Å²) < 4.78 is 16.7. The van der Waals surface area contributed by atoms with E-state index in [-0.39, 0.29) is 21.1 Å². The summed E-state index contributed by atoms with van der Waals surface area (Å²) in [6.45, 7) is 7.55. The van der Waals surface area contributed by atoms with Crippen LogP contribution in [0.3, 0.4) is 0 Å². The van der Waals surface area contributed by atoms with Crippen LogP contribution in [0.15, 0.2) is 42.6 Å². The molecule has 0 atom stereocenters. The molecule has 2 aliphatic rings. The average molecular weight is 642 g/mol. The minimum Gasteiger partial charge on any atom is -0.519 e. The predicted molar refractivity (Wildman–Crippen MR) is 129 cm³/mol. The Labute approximate surface area is 217 Å². The van der Waals surface area contributed by atoms with Gasteiger partial charge in [0.25, 0.3) is 0 Å². The number of imidazole rings is 2. The Balaban J connectivity index is 0.00000229. The molecule has 0 bridgehead atoms. The maximum atomic E-state index is 6.34. The van der Waals surface area contributed by atoms with Crippen molar-refractivity contribution >= 4 is 11.0 Å². The molecule has 0 unspecified atom stereocenters. The van der Waals surface area contributed by atoms with E-state index < -0.39 is 0 Å². The van der Waals surface area contributed by atoms with Gasteiger partial charge >= 0.3 is 21.1 Å². The molecule has 0 fully saturated rings. The zero-order valence-electron chi connectivity index (χ0n) is 19.6. The summed E-state index contributed by atoms with van der Waals surface area (Å²) in [4.78, 5) is 9.60. The number of hydrogen-bond donors (Lipinski definition) is 0. The molecule has 3 aromatic carbocycles. The number of aromatic nitrogens is 4. The van der Waals surface area contributed by atoms with Crippen molar-refractivity contribution in [1.29, 1.82) is 0 Å². The van der Waals surface area contributed by atoms with Crippen molar-refractivity contribution in [2.24, 2.45) is 0 Å². The van der Waals surface area contributed by atoms with Crippen LogP contribution in [0.2, 0.25) is 0 Å². The molecule has 35 heavy (non-hydrogen) atoms. The first-order valence-electron chi connectivity index (χ1n) is 11.5. The van der Waals surface area contributed by atoms with Crippen LogP contribution in [0, 0.1) is 32.9 Å². The maximum Gasteiger partial charge on any atom is 2.00 e. The van der Waals surface area contributed by atoms with Gasteiger partial charge in [-0.3, -0.25) is 9.97 Å². The zero-order valence-corrected chi connectivity index (χ0v) is 21.9. The van der Waals surface area contributed by atoms with Gasteiger partial charge in [0.2, 0.25) is 0 Å². The first-order chi connectivity index (χ1) is 16.5. The van der Waals surface area contributed by atoms with Crippen LogP contribution in [0.4, 0.5) is 0 Å². The molecule has 7 rings (SSSR count). The second-order valence-corrected chi connectivity index (χ2v) is 9.07. The van der Waals surface area contributed by atoms with E-state index in [9.17, 15) is 0 Å². The van der Waals surface area contributed by atoms with Gasteiger partial charge in [0, 0.05) is 35.7 Å². The summed E-state index contributed by atoms with van der Waals surface area (Å²) in [5, 5.41) is 0. The fourth-order valence-electron chi connectivity index (χ4n) is 5.15. The normalized spacial score (nSPS) is 13.2. The first kappa shape index (κ1) is 22.1. The standard InChI is InChI=1S/C28H22N4O2.Pt/c1-16-10-19(12-22-21(16)8-9-31-14-18(3)29-27(22)31)34-20-11-17(2)26-23(13-20)28-30-24-6-4-5-7-25(24)32(28)15-33-26;/h4-7,10-11,14H,8-9,15H2,1-3H3;/q-2;+2. The summed E-state index contributed by atoms with van der Waals surface area (Å²) in [6, 6.07) is 19.0. The van der Waals surface area contributed by atoms with E-state index in [0.29, 0.717) is 18.2 Å². The van der Waals surface area contributed by atoms with Crippen LogP contribution < -0.4 is 9.47 Å². The van der Waals surface area contributed by atoms with Crippen LogP contribution in [0.5, 0.6) is 17.2 Å². The van der Waals surface area contributed by atoms with E-state index in [1.165, 1.54) is 11.1 Å². The molecule has 0 aliphatic carbocycles. The van der Waals surface area contributed by atoms with Crippen molar-refractivity contribution < 1.29 is 30.5 Å². The Morgan fingerprint density at radius 1 is 0.943 bits per heavy atom. The Morgan fingerprint density at radius 3 is 2.57 bits per heavy atom. The third kappa shape index (κ3) is 3.42. The third-order valence-electron chi connectivity index (χ3n) is 6.71. The van der Waals surface area contributed by atoms with E-state index >= 15 is 0 Å². The molecular formula is C28H22N4O2Pt. The van der Waals surface area contributed by atoms with E-state index in [0.717, 1.165) is 63.8 Å². The van der Waals surface area contributed by atoms with Crippen molar-refractivity contribution in [3.05, 3.63) is 77.1 Å². The van der Waals surface area contributed by atoms with Crippen molar-refractivity contribution in [2.75, 3.05) is 0 Å². The zero-order chi connectivity index (χ0) is 23.0. The minimum atomic E-state index is 0. The number of fused-ring (bicyclic) bond motifs is 8. The van der Waals surface area contributed by atoms with Gasteiger partial charge in [-0.05, 0) is 25.5 Å². The van der Waals surface area contributed by atoms with Crippen LogP contribution in [0.1, 0.15) is 22.4 Å². The van der Waals surface area contributed by atoms with E-state index in [1.54, 1.807) is 0 Å². The molecular weight excluding hydrogens is 619 g/mol. The van der Waals surface area contributed by atoms with Crippen molar-refractivity contribution in [3.8, 4) is 40.0 Å². The monoisotopic (exact) mass is 641 g/mol. The van der Waals surface area contributed by atoms with E-state index in [2.05, 4.69) is 46.5 Å². The number of para-hydroxylation sites is 2. The molecule has 176 valence electrons. The Morgan fingerprint density at radius 2 is 1.71 bits per heavy atom. The SMILES string of the molecule is Cc1cn2c(n1)-c1[c-]c(Oc3[c-]c4c(c(C)c3)OCn3c-4nc4ccccc43)cc(C)c1CC2.[Pt+2]. The second-order valence-electron chi connectivity index (χ2n) is 9.07. The molecule has 2 aliphatic heterocycles. The van der Waals surface area contributed by atoms with Gasteiger partial charge in [0.15, 0.2) is 0 Å². The molecule has 2 aromatic heterocycles. The van der Waals surface area contributed by atoms with Crippen molar-refractivity contribution in [1.82, 2.24) is 19.1 Å². The molecule has 0 N–H and O–H groups in total.